The minimum absolute atomic E-state index is 0.144. The Morgan fingerprint density at radius 1 is 0.952 bits per heavy atom. The lowest BCUT2D eigenvalue weighted by molar-refractivity contribution is -2.00. The van der Waals surface area contributed by atoms with E-state index in [1.807, 2.05) is 10.6 Å². The van der Waals surface area contributed by atoms with E-state index in [1.165, 1.54) is 0 Å². The number of carbonyl (C=O) groups is 2. The summed E-state index contributed by atoms with van der Waals surface area (Å²) in [5, 5.41) is 22.1. The van der Waals surface area contributed by atoms with Crippen LogP contribution in [0.25, 0.3) is 0 Å². The van der Waals surface area contributed by atoms with Crippen molar-refractivity contribution >= 4 is 11.9 Å². The summed E-state index contributed by atoms with van der Waals surface area (Å²) >= 11 is 0. The number of hydrogen-bond acceptors (Lipinski definition) is 7. The van der Waals surface area contributed by atoms with Crippen molar-refractivity contribution in [3.8, 4) is 0 Å². The molecule has 0 spiro atoms. The Balaban J connectivity index is 0.000000296. The van der Waals surface area contributed by atoms with E-state index in [0.717, 1.165) is 38.8 Å². The van der Waals surface area contributed by atoms with Gasteiger partial charge in [-0.05, 0) is 0 Å². The van der Waals surface area contributed by atoms with Gasteiger partial charge in [-0.1, -0.05) is 0 Å². The summed E-state index contributed by atoms with van der Waals surface area (Å²) < 4.78 is 34.0. The lowest BCUT2D eigenvalue weighted by Gasteiger charge is -2.17. The molecule has 2 saturated heterocycles. The lowest BCUT2D eigenvalue weighted by atomic mass is 10.2. The molecular weight excluding hydrogens is 312 g/mol. The summed E-state index contributed by atoms with van der Waals surface area (Å²) in [4.78, 5) is 20.2. The van der Waals surface area contributed by atoms with Crippen molar-refractivity contribution in [1.29, 1.82) is 0 Å². The van der Waals surface area contributed by atoms with Gasteiger partial charge in [-0.25, -0.2) is 23.4 Å². The summed E-state index contributed by atoms with van der Waals surface area (Å²) in [6.07, 6.45) is 3.69. The first-order valence-electron chi connectivity index (χ1n) is 6.33. The highest BCUT2D eigenvalue weighted by molar-refractivity contribution is 5.71. The van der Waals surface area contributed by atoms with E-state index in [-0.39, 0.29) is 12.1 Å². The first kappa shape index (κ1) is 20.0. The number of carboxylic acid groups (broad SMARTS) is 2. The Kier molecular flexibility index (Phi) is 9.37. The van der Waals surface area contributed by atoms with Crippen LogP contribution in [0.1, 0.15) is 25.7 Å². The van der Waals surface area contributed by atoms with Crippen LogP contribution in [0.5, 0.6) is 0 Å². The molecule has 0 aromatic rings. The van der Waals surface area contributed by atoms with Crippen molar-refractivity contribution in [3.05, 3.63) is 0 Å². The summed E-state index contributed by atoms with van der Waals surface area (Å²) in [6, 6.07) is -0.398. The molecular formula is C10H19ClN2O8. The molecule has 0 aliphatic carbocycles. The van der Waals surface area contributed by atoms with Gasteiger partial charge in [-0.15, -0.1) is 10.2 Å². The molecule has 5 N–H and O–H groups in total. The Morgan fingerprint density at radius 3 is 1.48 bits per heavy atom. The van der Waals surface area contributed by atoms with Gasteiger partial charge < -0.3 is 25.6 Å². The van der Waals surface area contributed by atoms with Gasteiger partial charge in [0.25, 0.3) is 0 Å². The molecule has 11 heteroatoms. The molecule has 0 aromatic carbocycles. The number of nitrogens with two attached hydrogens (primary N) is 2. The Hall–Kier alpha value is -1.01. The maximum atomic E-state index is 10.2. The SMILES string of the molecule is O=C(O)[C@H]1CCC[NH2+]1.O=C([O-])[C@H]1CCC[NH2+]1.[O-][Cl+3]([O-])([O-])[O-]. The normalized spacial score (nSPS) is 24.4. The van der Waals surface area contributed by atoms with Crippen LogP contribution in [-0.4, -0.2) is 42.2 Å². The van der Waals surface area contributed by atoms with E-state index in [0.29, 0.717) is 0 Å². The van der Waals surface area contributed by atoms with Crippen molar-refractivity contribution in [2.75, 3.05) is 13.1 Å². The molecule has 0 aromatic heterocycles. The summed E-state index contributed by atoms with van der Waals surface area (Å²) in [5.74, 6) is -1.58. The molecule has 124 valence electrons. The predicted molar refractivity (Wildman–Crippen MR) is 52.3 cm³/mol. The smallest absolute Gasteiger partial charge is 0.362 e. The zero-order chi connectivity index (χ0) is 16.5. The van der Waals surface area contributed by atoms with E-state index in [2.05, 4.69) is 0 Å². The largest absolute Gasteiger partial charge is 0.544 e. The first-order chi connectivity index (χ1) is 9.61. The zero-order valence-corrected chi connectivity index (χ0v) is 12.0. The first-order valence-corrected chi connectivity index (χ1v) is 7.56. The summed E-state index contributed by atoms with van der Waals surface area (Å²) in [5.41, 5.74) is 0. The number of carbonyl (C=O) groups excluding carboxylic acids is 1. The third-order valence-corrected chi connectivity index (χ3v) is 2.96. The lowest BCUT2D eigenvalue weighted by Crippen LogP contribution is -2.89. The second kappa shape index (κ2) is 9.84. The molecule has 2 fully saturated rings. The molecule has 2 aliphatic rings. The molecule has 0 bridgehead atoms. The van der Waals surface area contributed by atoms with Crippen LogP contribution in [0.3, 0.4) is 0 Å². The Morgan fingerprint density at radius 2 is 1.33 bits per heavy atom. The standard InChI is InChI=1S/2C5H9NO2.ClHO4/c2*7-5(8)4-2-1-3-6-4;2-1(3,4)5/h2*4,6H,1-3H2,(H,7,8);(H,2,3,4,5)/t2*4-;/m11./s1. The molecule has 0 unspecified atom stereocenters. The maximum Gasteiger partial charge on any atom is 0.362 e. The fourth-order valence-corrected chi connectivity index (χ4v) is 1.99. The van der Waals surface area contributed by atoms with E-state index in [9.17, 15) is 14.7 Å². The van der Waals surface area contributed by atoms with Gasteiger partial charge >= 0.3 is 5.97 Å². The van der Waals surface area contributed by atoms with E-state index < -0.39 is 22.2 Å². The second-order valence-corrected chi connectivity index (χ2v) is 5.34. The summed E-state index contributed by atoms with van der Waals surface area (Å²) in [6.45, 7) is 1.93. The van der Waals surface area contributed by atoms with Gasteiger partial charge in [-0.3, -0.25) is 0 Å². The summed E-state index contributed by atoms with van der Waals surface area (Å²) in [7, 11) is -4.94. The third kappa shape index (κ3) is 12.4. The third-order valence-electron chi connectivity index (χ3n) is 2.96. The quantitative estimate of drug-likeness (QED) is 0.442. The average Bonchev–Trinajstić information content (AvgIpc) is 3.02. The fraction of sp³-hybridized carbons (Fsp3) is 0.800. The number of aliphatic carboxylic acids is 2. The van der Waals surface area contributed by atoms with E-state index >= 15 is 0 Å². The average molecular weight is 331 g/mol. The van der Waals surface area contributed by atoms with Gasteiger partial charge in [0.15, 0.2) is 6.04 Å². The molecule has 2 atom stereocenters. The number of carboxylic acids is 2. The van der Waals surface area contributed by atoms with Crippen molar-refractivity contribution in [3.63, 3.8) is 0 Å². The highest BCUT2D eigenvalue weighted by Crippen LogP contribution is 1.95. The van der Waals surface area contributed by atoms with Crippen LogP contribution in [0.4, 0.5) is 0 Å². The fourth-order valence-electron chi connectivity index (χ4n) is 1.99. The number of quaternary nitrogens is 2. The van der Waals surface area contributed by atoms with Crippen LogP contribution in [0.15, 0.2) is 0 Å². The monoisotopic (exact) mass is 330 g/mol. The van der Waals surface area contributed by atoms with E-state index in [4.69, 9.17) is 23.7 Å². The Bertz CT molecular complexity index is 292. The van der Waals surface area contributed by atoms with Crippen LogP contribution in [-0.2, 0) is 9.59 Å². The number of rotatable bonds is 2. The van der Waals surface area contributed by atoms with Crippen molar-refractivity contribution < 1.29 is 59.3 Å². The van der Waals surface area contributed by atoms with Crippen LogP contribution in [0, 0.1) is 10.2 Å². The van der Waals surface area contributed by atoms with Crippen molar-refractivity contribution in [1.82, 2.24) is 0 Å². The van der Waals surface area contributed by atoms with Gasteiger partial charge in [-0.2, -0.15) is 0 Å². The van der Waals surface area contributed by atoms with Crippen LogP contribution >= 0.6 is 0 Å². The molecule has 2 aliphatic heterocycles. The van der Waals surface area contributed by atoms with Gasteiger partial charge in [0.2, 0.25) is 0 Å². The molecule has 0 radical (unpaired) electrons. The molecule has 10 nitrogen and oxygen atoms in total. The topological polar surface area (TPSA) is 203 Å². The predicted octanol–water partition coefficient (Wildman–Crippen LogP) is -8.50. The number of halogens is 1. The van der Waals surface area contributed by atoms with Crippen LogP contribution in [0.2, 0.25) is 0 Å². The minimum atomic E-state index is -4.94. The van der Waals surface area contributed by atoms with Crippen LogP contribution < -0.4 is 34.4 Å². The van der Waals surface area contributed by atoms with Gasteiger partial charge in [0.1, 0.15) is 6.04 Å². The zero-order valence-electron chi connectivity index (χ0n) is 11.2. The molecule has 0 saturated carbocycles. The molecule has 0 amide bonds. The van der Waals surface area contributed by atoms with E-state index in [1.54, 1.807) is 0 Å². The van der Waals surface area contributed by atoms with Crippen molar-refractivity contribution in [2.24, 2.45) is 0 Å². The maximum absolute atomic E-state index is 10.2. The highest BCUT2D eigenvalue weighted by atomic mass is 35.7. The second-order valence-electron chi connectivity index (χ2n) is 4.58. The molecule has 2 rings (SSSR count). The molecule has 2 heterocycles. The van der Waals surface area contributed by atoms with Gasteiger partial charge in [0.05, 0.1) is 19.1 Å². The molecule has 21 heavy (non-hydrogen) atoms. The Labute approximate surface area is 123 Å². The van der Waals surface area contributed by atoms with Gasteiger partial charge in [0, 0.05) is 25.7 Å². The van der Waals surface area contributed by atoms with Crippen molar-refractivity contribution in [2.45, 2.75) is 37.8 Å². The highest BCUT2D eigenvalue weighted by Gasteiger charge is 2.24. The minimum Gasteiger partial charge on any atom is -0.544 e. The number of hydrogen-bond donors (Lipinski definition) is 3.